The Morgan fingerprint density at radius 2 is 1.78 bits per heavy atom. The fourth-order valence-corrected chi connectivity index (χ4v) is 2.04. The van der Waals surface area contributed by atoms with E-state index in [0.29, 0.717) is 16.3 Å². The zero-order valence-corrected chi connectivity index (χ0v) is 13.5. The van der Waals surface area contributed by atoms with Crippen molar-refractivity contribution in [1.29, 1.82) is 0 Å². The third kappa shape index (κ3) is 4.40. The van der Waals surface area contributed by atoms with Crippen LogP contribution in [-0.2, 0) is 9.59 Å². The first kappa shape index (κ1) is 16.7. The molecule has 5 nitrogen and oxygen atoms in total. The lowest BCUT2D eigenvalue weighted by Gasteiger charge is -2.08. The highest BCUT2D eigenvalue weighted by Crippen LogP contribution is 2.22. The summed E-state index contributed by atoms with van der Waals surface area (Å²) in [7, 11) is 0. The average molecular weight is 330 g/mol. The van der Waals surface area contributed by atoms with Gasteiger partial charge >= 0.3 is 11.8 Å². The van der Waals surface area contributed by atoms with Crippen molar-refractivity contribution < 1.29 is 9.59 Å². The van der Waals surface area contributed by atoms with Crippen LogP contribution in [0.15, 0.2) is 47.6 Å². The van der Waals surface area contributed by atoms with E-state index in [1.54, 1.807) is 25.1 Å². The summed E-state index contributed by atoms with van der Waals surface area (Å²) in [5.74, 6) is -1.66. The first-order valence-electron chi connectivity index (χ1n) is 6.94. The third-order valence-corrected chi connectivity index (χ3v) is 3.69. The van der Waals surface area contributed by atoms with E-state index in [2.05, 4.69) is 15.8 Å². The van der Waals surface area contributed by atoms with Crippen molar-refractivity contribution in [3.8, 4) is 0 Å². The summed E-state index contributed by atoms with van der Waals surface area (Å²) >= 11 is 5.97. The third-order valence-electron chi connectivity index (χ3n) is 3.28. The Morgan fingerprint density at radius 1 is 1.04 bits per heavy atom. The van der Waals surface area contributed by atoms with Crippen LogP contribution < -0.4 is 10.7 Å². The number of carbonyl (C=O) groups excluding carboxylic acids is 2. The molecule has 2 N–H and O–H groups in total. The molecule has 23 heavy (non-hydrogen) atoms. The minimum atomic E-state index is -0.853. The van der Waals surface area contributed by atoms with E-state index in [9.17, 15) is 9.59 Å². The number of hydrazone groups is 1. The molecule has 2 aromatic rings. The predicted octanol–water partition coefficient (Wildman–Crippen LogP) is 3.05. The fourth-order valence-electron chi connectivity index (χ4n) is 1.86. The Labute approximate surface area is 139 Å². The summed E-state index contributed by atoms with van der Waals surface area (Å²) in [6.07, 6.45) is 1.49. The standard InChI is InChI=1S/C17H16ClN3O2/c1-11-6-3-4-7-13(11)10-19-21-17(23)16(22)20-15-9-5-8-14(18)12(15)2/h3-10H,1-2H3,(H,20,22)(H,21,23). The molecule has 0 aromatic heterocycles. The highest BCUT2D eigenvalue weighted by atomic mass is 35.5. The number of halogens is 1. The second-order valence-corrected chi connectivity index (χ2v) is 5.33. The van der Waals surface area contributed by atoms with Gasteiger partial charge in [0.25, 0.3) is 0 Å². The van der Waals surface area contributed by atoms with Gasteiger partial charge in [-0.2, -0.15) is 5.10 Å². The maximum absolute atomic E-state index is 11.8. The Morgan fingerprint density at radius 3 is 2.52 bits per heavy atom. The Kier molecular flexibility index (Phi) is 5.49. The zero-order valence-electron chi connectivity index (χ0n) is 12.8. The van der Waals surface area contributed by atoms with Crippen LogP contribution in [0.1, 0.15) is 16.7 Å². The van der Waals surface area contributed by atoms with Crippen LogP contribution in [0, 0.1) is 13.8 Å². The lowest BCUT2D eigenvalue weighted by atomic mass is 10.1. The van der Waals surface area contributed by atoms with E-state index < -0.39 is 11.8 Å². The van der Waals surface area contributed by atoms with Gasteiger partial charge in [0.1, 0.15) is 0 Å². The van der Waals surface area contributed by atoms with Crippen molar-refractivity contribution in [3.05, 3.63) is 64.2 Å². The Balaban J connectivity index is 1.97. The molecular formula is C17H16ClN3O2. The molecule has 0 radical (unpaired) electrons. The first-order valence-corrected chi connectivity index (χ1v) is 7.32. The smallest absolute Gasteiger partial charge is 0.317 e. The van der Waals surface area contributed by atoms with E-state index >= 15 is 0 Å². The molecule has 2 rings (SSSR count). The predicted molar refractivity (Wildman–Crippen MR) is 91.7 cm³/mol. The molecule has 2 aromatic carbocycles. The van der Waals surface area contributed by atoms with E-state index in [4.69, 9.17) is 11.6 Å². The average Bonchev–Trinajstić information content (AvgIpc) is 2.53. The SMILES string of the molecule is Cc1ccccc1C=NNC(=O)C(=O)Nc1cccc(Cl)c1C. The molecule has 0 atom stereocenters. The van der Waals surface area contributed by atoms with E-state index in [1.807, 2.05) is 31.2 Å². The second kappa shape index (κ2) is 7.56. The van der Waals surface area contributed by atoms with Crippen LogP contribution in [0.5, 0.6) is 0 Å². The van der Waals surface area contributed by atoms with Crippen LogP contribution in [0.3, 0.4) is 0 Å². The van der Waals surface area contributed by atoms with Gasteiger partial charge in [-0.05, 0) is 42.7 Å². The minimum absolute atomic E-state index is 0.487. The quantitative estimate of drug-likeness (QED) is 0.516. The summed E-state index contributed by atoms with van der Waals surface area (Å²) in [5, 5.41) is 6.81. The molecule has 0 saturated heterocycles. The van der Waals surface area contributed by atoms with Crippen molar-refractivity contribution in [3.63, 3.8) is 0 Å². The van der Waals surface area contributed by atoms with Gasteiger partial charge in [0.2, 0.25) is 0 Å². The molecule has 0 aliphatic heterocycles. The summed E-state index contributed by atoms with van der Waals surface area (Å²) in [5.41, 5.74) is 5.26. The lowest BCUT2D eigenvalue weighted by molar-refractivity contribution is -0.136. The molecule has 6 heteroatoms. The largest absolute Gasteiger partial charge is 0.329 e. The number of rotatable bonds is 3. The number of nitrogens with one attached hydrogen (secondary N) is 2. The second-order valence-electron chi connectivity index (χ2n) is 4.92. The molecule has 0 heterocycles. The molecule has 0 spiro atoms. The van der Waals surface area contributed by atoms with Gasteiger partial charge in [-0.25, -0.2) is 5.43 Å². The van der Waals surface area contributed by atoms with E-state index in [0.717, 1.165) is 11.1 Å². The van der Waals surface area contributed by atoms with Crippen molar-refractivity contribution in [1.82, 2.24) is 5.43 Å². The van der Waals surface area contributed by atoms with Crippen LogP contribution in [-0.4, -0.2) is 18.0 Å². The van der Waals surface area contributed by atoms with Crippen LogP contribution in [0.4, 0.5) is 5.69 Å². The monoisotopic (exact) mass is 329 g/mol. The number of aryl methyl sites for hydroxylation is 1. The van der Waals surface area contributed by atoms with Crippen molar-refractivity contribution in [2.24, 2.45) is 5.10 Å². The number of amides is 2. The van der Waals surface area contributed by atoms with Crippen LogP contribution in [0.25, 0.3) is 0 Å². The topological polar surface area (TPSA) is 70.6 Å². The van der Waals surface area contributed by atoms with Crippen LogP contribution >= 0.6 is 11.6 Å². The summed E-state index contributed by atoms with van der Waals surface area (Å²) in [6.45, 7) is 3.68. The highest BCUT2D eigenvalue weighted by Gasteiger charge is 2.14. The van der Waals surface area contributed by atoms with E-state index in [1.165, 1.54) is 6.21 Å². The van der Waals surface area contributed by atoms with Crippen LogP contribution in [0.2, 0.25) is 5.02 Å². The summed E-state index contributed by atoms with van der Waals surface area (Å²) in [6, 6.07) is 12.6. The molecule has 0 saturated carbocycles. The number of benzene rings is 2. The maximum Gasteiger partial charge on any atom is 0.329 e. The van der Waals surface area contributed by atoms with Gasteiger partial charge in [-0.15, -0.1) is 0 Å². The minimum Gasteiger partial charge on any atom is -0.317 e. The van der Waals surface area contributed by atoms with Gasteiger partial charge in [0.05, 0.1) is 6.21 Å². The van der Waals surface area contributed by atoms with Crippen molar-refractivity contribution >= 4 is 35.3 Å². The van der Waals surface area contributed by atoms with Gasteiger partial charge in [0, 0.05) is 10.7 Å². The summed E-state index contributed by atoms with van der Waals surface area (Å²) in [4.78, 5) is 23.6. The number of hydrogen-bond donors (Lipinski definition) is 2. The van der Waals surface area contributed by atoms with Gasteiger partial charge in [-0.1, -0.05) is 41.9 Å². The molecule has 2 amide bonds. The molecule has 0 aliphatic carbocycles. The molecule has 0 unspecified atom stereocenters. The molecular weight excluding hydrogens is 314 g/mol. The van der Waals surface area contributed by atoms with Gasteiger partial charge in [0.15, 0.2) is 0 Å². The highest BCUT2D eigenvalue weighted by molar-refractivity contribution is 6.40. The maximum atomic E-state index is 11.8. The fraction of sp³-hybridized carbons (Fsp3) is 0.118. The Hall–Kier alpha value is -2.66. The van der Waals surface area contributed by atoms with Crippen molar-refractivity contribution in [2.75, 3.05) is 5.32 Å². The summed E-state index contributed by atoms with van der Waals surface area (Å²) < 4.78 is 0. The van der Waals surface area contributed by atoms with Crippen molar-refractivity contribution in [2.45, 2.75) is 13.8 Å². The Bertz CT molecular complexity index is 772. The van der Waals surface area contributed by atoms with Gasteiger partial charge in [-0.3, -0.25) is 9.59 Å². The molecule has 118 valence electrons. The zero-order chi connectivity index (χ0) is 16.8. The number of nitrogens with zero attached hydrogens (tertiary/aromatic N) is 1. The number of hydrogen-bond acceptors (Lipinski definition) is 3. The molecule has 0 fully saturated rings. The molecule has 0 aliphatic rings. The number of anilines is 1. The van der Waals surface area contributed by atoms with Gasteiger partial charge < -0.3 is 5.32 Å². The van der Waals surface area contributed by atoms with E-state index in [-0.39, 0.29) is 0 Å². The lowest BCUT2D eigenvalue weighted by Crippen LogP contribution is -2.32. The first-order chi connectivity index (χ1) is 11.0. The normalized spacial score (nSPS) is 10.6. The number of carbonyl (C=O) groups is 2. The molecule has 0 bridgehead atoms.